The summed E-state index contributed by atoms with van der Waals surface area (Å²) in [6, 6.07) is 2.59. The second-order valence-electron chi connectivity index (χ2n) is 4.24. The molecule has 2 aromatic heterocycles. The summed E-state index contributed by atoms with van der Waals surface area (Å²) >= 11 is 7.18. The molecule has 0 aliphatic carbocycles. The molecule has 2 nitrogen and oxygen atoms in total. The lowest BCUT2D eigenvalue weighted by atomic mass is 10.1. The first-order chi connectivity index (χ1) is 8.69. The maximum atomic E-state index is 4.55. The number of halogens is 1. The summed E-state index contributed by atoms with van der Waals surface area (Å²) in [5.41, 5.74) is 1.13. The van der Waals surface area contributed by atoms with Crippen LogP contribution in [-0.2, 0) is 12.8 Å². The maximum absolute atomic E-state index is 4.55. The molecule has 0 bridgehead atoms. The van der Waals surface area contributed by atoms with Crippen LogP contribution >= 0.6 is 38.6 Å². The summed E-state index contributed by atoms with van der Waals surface area (Å²) < 4.78 is 1.23. The van der Waals surface area contributed by atoms with Crippen LogP contribution in [0.1, 0.15) is 22.5 Å². The number of aryl methyl sites for hydroxylation is 1. The van der Waals surface area contributed by atoms with Gasteiger partial charge in [-0.3, -0.25) is 0 Å². The van der Waals surface area contributed by atoms with E-state index in [9.17, 15) is 0 Å². The molecule has 5 heteroatoms. The molecule has 0 radical (unpaired) electrons. The van der Waals surface area contributed by atoms with Gasteiger partial charge in [0.25, 0.3) is 0 Å². The van der Waals surface area contributed by atoms with Crippen molar-refractivity contribution in [3.05, 3.63) is 36.9 Å². The highest BCUT2D eigenvalue weighted by Gasteiger charge is 2.14. The quantitative estimate of drug-likeness (QED) is 0.855. The highest BCUT2D eigenvalue weighted by atomic mass is 79.9. The second kappa shape index (κ2) is 6.80. The number of rotatable bonds is 6. The lowest BCUT2D eigenvalue weighted by Crippen LogP contribution is -2.32. The van der Waals surface area contributed by atoms with E-state index in [-0.39, 0.29) is 0 Å². The standard InChI is InChI=1S/C13H17BrN2S2/c1-3-15-10(6-12-11(14)4-5-17-12)7-13-16-9(2)8-18-13/h4-5,8,10,15H,3,6-7H2,1-2H3. The largest absolute Gasteiger partial charge is 0.313 e. The minimum atomic E-state index is 0.468. The molecule has 0 saturated heterocycles. The third-order valence-electron chi connectivity index (χ3n) is 2.70. The maximum Gasteiger partial charge on any atom is 0.0943 e. The molecule has 0 fully saturated rings. The third-order valence-corrected chi connectivity index (χ3v) is 5.64. The highest BCUT2D eigenvalue weighted by Crippen LogP contribution is 2.25. The normalized spacial score (nSPS) is 12.8. The van der Waals surface area contributed by atoms with Gasteiger partial charge in [0.05, 0.1) is 5.01 Å². The van der Waals surface area contributed by atoms with Crippen molar-refractivity contribution in [2.75, 3.05) is 6.54 Å². The van der Waals surface area contributed by atoms with Crippen LogP contribution in [0.5, 0.6) is 0 Å². The van der Waals surface area contributed by atoms with Gasteiger partial charge in [0.15, 0.2) is 0 Å². The predicted molar refractivity (Wildman–Crippen MR) is 83.7 cm³/mol. The van der Waals surface area contributed by atoms with Crippen LogP contribution in [-0.4, -0.2) is 17.6 Å². The van der Waals surface area contributed by atoms with E-state index in [0.717, 1.165) is 25.1 Å². The molecule has 2 heterocycles. The second-order valence-corrected chi connectivity index (χ2v) is 7.03. The summed E-state index contributed by atoms with van der Waals surface area (Å²) in [5, 5.41) is 9.05. The molecule has 2 aromatic rings. The minimum Gasteiger partial charge on any atom is -0.313 e. The Morgan fingerprint density at radius 2 is 2.22 bits per heavy atom. The van der Waals surface area contributed by atoms with Gasteiger partial charge in [-0.1, -0.05) is 6.92 Å². The molecule has 0 aliphatic rings. The summed E-state index contributed by atoms with van der Waals surface area (Å²) in [6.45, 7) is 5.21. The molecule has 0 aromatic carbocycles. The van der Waals surface area contributed by atoms with Crippen molar-refractivity contribution in [1.82, 2.24) is 10.3 Å². The van der Waals surface area contributed by atoms with E-state index in [4.69, 9.17) is 0 Å². The Balaban J connectivity index is 2.02. The van der Waals surface area contributed by atoms with Crippen LogP contribution in [0.25, 0.3) is 0 Å². The van der Waals surface area contributed by atoms with E-state index in [1.54, 1.807) is 11.3 Å². The molecule has 1 atom stereocenters. The first kappa shape index (κ1) is 14.2. The number of hydrogen-bond acceptors (Lipinski definition) is 4. The van der Waals surface area contributed by atoms with Crippen LogP contribution < -0.4 is 5.32 Å². The van der Waals surface area contributed by atoms with E-state index in [0.29, 0.717) is 6.04 Å². The van der Waals surface area contributed by atoms with Gasteiger partial charge < -0.3 is 5.32 Å². The topological polar surface area (TPSA) is 24.9 Å². The summed E-state index contributed by atoms with van der Waals surface area (Å²) in [6.07, 6.45) is 2.07. The predicted octanol–water partition coefficient (Wildman–Crippen LogP) is 4.04. The lowest BCUT2D eigenvalue weighted by Gasteiger charge is -2.16. The third kappa shape index (κ3) is 3.88. The van der Waals surface area contributed by atoms with Gasteiger partial charge in [-0.2, -0.15) is 0 Å². The molecule has 0 amide bonds. The van der Waals surface area contributed by atoms with Crippen molar-refractivity contribution in [3.8, 4) is 0 Å². The monoisotopic (exact) mass is 344 g/mol. The van der Waals surface area contributed by atoms with Crippen LogP contribution in [0.15, 0.2) is 21.3 Å². The molecule has 0 saturated carbocycles. The molecule has 2 rings (SSSR count). The Bertz CT molecular complexity index is 493. The number of thiazole rings is 1. The molecule has 98 valence electrons. The molecule has 1 unspecified atom stereocenters. The number of nitrogens with one attached hydrogen (secondary N) is 1. The van der Waals surface area contributed by atoms with Gasteiger partial charge in [0.2, 0.25) is 0 Å². The average Bonchev–Trinajstić information content (AvgIpc) is 2.90. The van der Waals surface area contributed by atoms with Gasteiger partial charge >= 0.3 is 0 Å². The van der Waals surface area contributed by atoms with Crippen molar-refractivity contribution < 1.29 is 0 Å². The molecular weight excluding hydrogens is 328 g/mol. The Morgan fingerprint density at radius 3 is 2.78 bits per heavy atom. The molecular formula is C13H17BrN2S2. The Morgan fingerprint density at radius 1 is 1.39 bits per heavy atom. The van der Waals surface area contributed by atoms with Crippen molar-refractivity contribution in [2.45, 2.75) is 32.7 Å². The van der Waals surface area contributed by atoms with Gasteiger partial charge in [0, 0.05) is 32.9 Å². The Labute approximate surface area is 125 Å². The molecule has 0 spiro atoms. The number of likely N-dealkylation sites (N-methyl/N-ethyl adjacent to an activating group) is 1. The zero-order valence-corrected chi connectivity index (χ0v) is 13.8. The van der Waals surface area contributed by atoms with E-state index in [1.807, 2.05) is 11.3 Å². The minimum absolute atomic E-state index is 0.468. The van der Waals surface area contributed by atoms with Crippen molar-refractivity contribution >= 4 is 38.6 Å². The fourth-order valence-electron chi connectivity index (χ4n) is 1.91. The fraction of sp³-hybridized carbons (Fsp3) is 0.462. The molecule has 18 heavy (non-hydrogen) atoms. The van der Waals surface area contributed by atoms with Crippen LogP contribution in [0.2, 0.25) is 0 Å². The number of aromatic nitrogens is 1. The van der Waals surface area contributed by atoms with Crippen LogP contribution in [0.4, 0.5) is 0 Å². The molecule has 0 aliphatic heterocycles. The first-order valence-electron chi connectivity index (χ1n) is 6.05. The van der Waals surface area contributed by atoms with Gasteiger partial charge in [-0.15, -0.1) is 22.7 Å². The van der Waals surface area contributed by atoms with E-state index < -0.39 is 0 Å². The van der Waals surface area contributed by atoms with Crippen molar-refractivity contribution in [3.63, 3.8) is 0 Å². The molecule has 1 N–H and O–H groups in total. The summed E-state index contributed by atoms with van der Waals surface area (Å²) in [4.78, 5) is 5.97. The van der Waals surface area contributed by atoms with E-state index >= 15 is 0 Å². The summed E-state index contributed by atoms with van der Waals surface area (Å²) in [5.74, 6) is 0. The SMILES string of the molecule is CCNC(Cc1nc(C)cs1)Cc1sccc1Br. The van der Waals surface area contributed by atoms with Gasteiger partial charge in [-0.05, 0) is 47.3 Å². The average molecular weight is 345 g/mol. The van der Waals surface area contributed by atoms with Crippen LogP contribution in [0.3, 0.4) is 0 Å². The van der Waals surface area contributed by atoms with Crippen molar-refractivity contribution in [2.24, 2.45) is 0 Å². The van der Waals surface area contributed by atoms with Crippen molar-refractivity contribution in [1.29, 1.82) is 0 Å². The lowest BCUT2D eigenvalue weighted by molar-refractivity contribution is 0.523. The zero-order chi connectivity index (χ0) is 13.0. The zero-order valence-electron chi connectivity index (χ0n) is 10.6. The van der Waals surface area contributed by atoms with Gasteiger partial charge in [-0.25, -0.2) is 4.98 Å². The van der Waals surface area contributed by atoms with E-state index in [1.165, 1.54) is 14.4 Å². The number of nitrogens with zero attached hydrogens (tertiary/aromatic N) is 1. The Kier molecular flexibility index (Phi) is 5.36. The van der Waals surface area contributed by atoms with Gasteiger partial charge in [0.1, 0.15) is 0 Å². The Hall–Kier alpha value is -0.230. The summed E-state index contributed by atoms with van der Waals surface area (Å²) in [7, 11) is 0. The first-order valence-corrected chi connectivity index (χ1v) is 8.60. The van der Waals surface area contributed by atoms with E-state index in [2.05, 4.69) is 56.9 Å². The number of hydrogen-bond donors (Lipinski definition) is 1. The fourth-order valence-corrected chi connectivity index (χ4v) is 4.36. The van der Waals surface area contributed by atoms with Crippen LogP contribution in [0, 0.1) is 6.92 Å². The number of thiophene rings is 1. The smallest absolute Gasteiger partial charge is 0.0943 e. The highest BCUT2D eigenvalue weighted by molar-refractivity contribution is 9.10.